The second-order valence-electron chi connectivity index (χ2n) is 1.05. The lowest BCUT2D eigenvalue weighted by Crippen LogP contribution is -1.90. The van der Waals surface area contributed by atoms with Crippen LogP contribution in [0.4, 0.5) is 0 Å². The van der Waals surface area contributed by atoms with E-state index in [-0.39, 0.29) is 12.3 Å². The summed E-state index contributed by atoms with van der Waals surface area (Å²) in [5.74, 6) is -0.258. The molecule has 0 saturated carbocycles. The molecule has 0 unspecified atom stereocenters. The van der Waals surface area contributed by atoms with E-state index in [0.29, 0.717) is 0 Å². The van der Waals surface area contributed by atoms with E-state index in [0.717, 1.165) is 6.21 Å². The molecule has 4 heteroatoms. The molecule has 0 radical (unpaired) electrons. The van der Waals surface area contributed by atoms with Crippen LogP contribution in [0.15, 0.2) is 5.16 Å². The first kappa shape index (κ1) is 6.81. The zero-order valence-corrected chi connectivity index (χ0v) is 4.33. The molecule has 0 aliphatic rings. The molecular weight excluding hydrogens is 110 g/mol. The zero-order chi connectivity index (χ0) is 6.41. The monoisotopic (exact) mass is 115 g/mol. The van der Waals surface area contributed by atoms with Gasteiger partial charge in [0.2, 0.25) is 0 Å². The SMILES string of the molecule is CC(=O)/C=N/OC=O. The van der Waals surface area contributed by atoms with Crippen molar-refractivity contribution in [1.82, 2.24) is 0 Å². The Labute approximate surface area is 46.1 Å². The molecule has 0 N–H and O–H groups in total. The highest BCUT2D eigenvalue weighted by Crippen LogP contribution is 1.65. The number of carbonyl (C=O) groups excluding carboxylic acids is 2. The van der Waals surface area contributed by atoms with Crippen LogP contribution in [-0.4, -0.2) is 18.5 Å². The van der Waals surface area contributed by atoms with E-state index in [2.05, 4.69) is 9.99 Å². The Kier molecular flexibility index (Phi) is 3.39. The molecule has 0 heterocycles. The minimum atomic E-state index is -0.258. The number of hydrogen-bond donors (Lipinski definition) is 0. The molecule has 0 aromatic carbocycles. The summed E-state index contributed by atoms with van der Waals surface area (Å²) >= 11 is 0. The van der Waals surface area contributed by atoms with Crippen molar-refractivity contribution >= 4 is 18.5 Å². The summed E-state index contributed by atoms with van der Waals surface area (Å²) in [5, 5.41) is 2.95. The van der Waals surface area contributed by atoms with E-state index in [9.17, 15) is 9.59 Å². The second kappa shape index (κ2) is 3.98. The Hall–Kier alpha value is -1.19. The molecule has 0 amide bonds. The number of rotatable bonds is 3. The van der Waals surface area contributed by atoms with Crippen LogP contribution in [0.25, 0.3) is 0 Å². The van der Waals surface area contributed by atoms with Gasteiger partial charge in [-0.3, -0.25) is 9.59 Å². The van der Waals surface area contributed by atoms with Crippen LogP contribution >= 0.6 is 0 Å². The van der Waals surface area contributed by atoms with Crippen LogP contribution in [0.3, 0.4) is 0 Å². The standard InChI is InChI=1S/C4H5NO3/c1-4(7)2-5-8-3-6/h2-3H,1H3/b5-2+. The quantitative estimate of drug-likeness (QED) is 0.220. The Morgan fingerprint density at radius 3 is 2.75 bits per heavy atom. The Balaban J connectivity index is 3.34. The average Bonchev–Trinajstić information content (AvgIpc) is 1.66. The minimum absolute atomic E-state index is 0.138. The van der Waals surface area contributed by atoms with Crippen molar-refractivity contribution in [2.75, 3.05) is 0 Å². The molecule has 0 atom stereocenters. The predicted molar refractivity (Wildman–Crippen MR) is 26.3 cm³/mol. The maximum atomic E-state index is 9.97. The van der Waals surface area contributed by atoms with Gasteiger partial charge in [0.1, 0.15) is 6.21 Å². The summed E-state index contributed by atoms with van der Waals surface area (Å²) < 4.78 is 0. The summed E-state index contributed by atoms with van der Waals surface area (Å²) in [7, 11) is 0. The molecule has 0 fully saturated rings. The van der Waals surface area contributed by atoms with Gasteiger partial charge in [0.25, 0.3) is 0 Å². The molecule has 8 heavy (non-hydrogen) atoms. The van der Waals surface area contributed by atoms with Gasteiger partial charge in [-0.15, -0.1) is 0 Å². The second-order valence-corrected chi connectivity index (χ2v) is 1.05. The van der Waals surface area contributed by atoms with E-state index in [1.807, 2.05) is 0 Å². The van der Waals surface area contributed by atoms with Gasteiger partial charge < -0.3 is 4.84 Å². The van der Waals surface area contributed by atoms with E-state index >= 15 is 0 Å². The molecule has 0 aliphatic heterocycles. The van der Waals surface area contributed by atoms with Crippen LogP contribution in [0.5, 0.6) is 0 Å². The fourth-order valence-corrected chi connectivity index (χ4v) is 0.129. The highest BCUT2D eigenvalue weighted by molar-refractivity contribution is 6.26. The summed E-state index contributed by atoms with van der Waals surface area (Å²) in [6, 6.07) is 0. The van der Waals surface area contributed by atoms with Crippen LogP contribution < -0.4 is 0 Å². The van der Waals surface area contributed by atoms with Gasteiger partial charge in [0.05, 0.1) is 0 Å². The molecular formula is C4H5NO3. The summed E-state index contributed by atoms with van der Waals surface area (Å²) in [6.45, 7) is 1.44. The number of nitrogens with zero attached hydrogens (tertiary/aromatic N) is 1. The summed E-state index contributed by atoms with van der Waals surface area (Å²) in [5.41, 5.74) is 0. The maximum absolute atomic E-state index is 9.97. The zero-order valence-electron chi connectivity index (χ0n) is 4.33. The Morgan fingerprint density at radius 1 is 1.75 bits per heavy atom. The third kappa shape index (κ3) is 4.81. The van der Waals surface area contributed by atoms with E-state index < -0.39 is 0 Å². The van der Waals surface area contributed by atoms with Gasteiger partial charge in [0, 0.05) is 6.92 Å². The molecule has 0 aromatic rings. The number of hydrogen-bond acceptors (Lipinski definition) is 4. The summed E-state index contributed by atoms with van der Waals surface area (Å²) in [6.07, 6.45) is 0.911. The highest BCUT2D eigenvalue weighted by atomic mass is 16.7. The Bertz CT molecular complexity index is 118. The predicted octanol–water partition coefficient (Wildman–Crippen LogP) is -0.266. The number of ketones is 1. The topological polar surface area (TPSA) is 55.7 Å². The van der Waals surface area contributed by atoms with Crippen molar-refractivity contribution in [3.63, 3.8) is 0 Å². The lowest BCUT2D eigenvalue weighted by Gasteiger charge is -1.77. The van der Waals surface area contributed by atoms with Crippen molar-refractivity contribution in [2.24, 2.45) is 5.16 Å². The average molecular weight is 115 g/mol. The summed E-state index contributed by atoms with van der Waals surface area (Å²) in [4.78, 5) is 23.1. The van der Waals surface area contributed by atoms with Crippen molar-refractivity contribution in [2.45, 2.75) is 6.92 Å². The first-order valence-electron chi connectivity index (χ1n) is 1.90. The van der Waals surface area contributed by atoms with Crippen LogP contribution in [-0.2, 0) is 14.4 Å². The number of oxime groups is 1. The van der Waals surface area contributed by atoms with Crippen LogP contribution in [0, 0.1) is 0 Å². The molecule has 0 aromatic heterocycles. The first-order valence-corrected chi connectivity index (χ1v) is 1.90. The highest BCUT2D eigenvalue weighted by Gasteiger charge is 1.79. The maximum Gasteiger partial charge on any atom is 0.323 e. The Morgan fingerprint density at radius 2 is 2.38 bits per heavy atom. The van der Waals surface area contributed by atoms with Gasteiger partial charge in [0.15, 0.2) is 5.78 Å². The van der Waals surface area contributed by atoms with Gasteiger partial charge in [-0.1, -0.05) is 5.16 Å². The molecule has 0 bridgehead atoms. The van der Waals surface area contributed by atoms with E-state index in [1.165, 1.54) is 6.92 Å². The fraction of sp³-hybridized carbons (Fsp3) is 0.250. The third-order valence-corrected chi connectivity index (χ3v) is 0.338. The minimum Gasteiger partial charge on any atom is -0.322 e. The van der Waals surface area contributed by atoms with Crippen LogP contribution in [0.1, 0.15) is 6.92 Å². The molecule has 4 nitrogen and oxygen atoms in total. The van der Waals surface area contributed by atoms with Gasteiger partial charge in [-0.2, -0.15) is 0 Å². The van der Waals surface area contributed by atoms with Gasteiger partial charge in [-0.05, 0) is 0 Å². The molecule has 0 rings (SSSR count). The first-order chi connectivity index (χ1) is 3.77. The van der Waals surface area contributed by atoms with Crippen molar-refractivity contribution in [3.05, 3.63) is 0 Å². The van der Waals surface area contributed by atoms with Gasteiger partial charge in [-0.25, -0.2) is 0 Å². The van der Waals surface area contributed by atoms with E-state index in [1.54, 1.807) is 0 Å². The smallest absolute Gasteiger partial charge is 0.322 e. The molecule has 0 aliphatic carbocycles. The van der Waals surface area contributed by atoms with Crippen molar-refractivity contribution < 1.29 is 14.4 Å². The largest absolute Gasteiger partial charge is 0.323 e. The van der Waals surface area contributed by atoms with Crippen LogP contribution in [0.2, 0.25) is 0 Å². The third-order valence-electron chi connectivity index (χ3n) is 0.338. The number of Topliss-reactive ketones (excluding diaryl/α,β-unsaturated/α-hetero) is 1. The molecule has 0 spiro atoms. The van der Waals surface area contributed by atoms with Crippen molar-refractivity contribution in [3.8, 4) is 0 Å². The lowest BCUT2D eigenvalue weighted by atomic mass is 10.5. The number of carbonyl (C=O) groups is 2. The normalized spacial score (nSPS) is 9.12. The van der Waals surface area contributed by atoms with Crippen molar-refractivity contribution in [1.29, 1.82) is 0 Å². The van der Waals surface area contributed by atoms with Gasteiger partial charge >= 0.3 is 6.47 Å². The lowest BCUT2D eigenvalue weighted by molar-refractivity contribution is -0.128. The molecule has 44 valence electrons. The van der Waals surface area contributed by atoms with E-state index in [4.69, 9.17) is 0 Å². The molecule has 0 saturated heterocycles. The fourth-order valence-electron chi connectivity index (χ4n) is 0.129.